The lowest BCUT2D eigenvalue weighted by Crippen LogP contribution is -2.57. The van der Waals surface area contributed by atoms with Crippen LogP contribution in [0.3, 0.4) is 0 Å². The van der Waals surface area contributed by atoms with Gasteiger partial charge in [-0.3, -0.25) is 4.99 Å². The lowest BCUT2D eigenvalue weighted by atomic mass is 10.1. The normalized spacial score (nSPS) is 18.5. The quantitative estimate of drug-likeness (QED) is 0.624. The predicted octanol–water partition coefficient (Wildman–Crippen LogP) is 3.04. The highest BCUT2D eigenvalue weighted by molar-refractivity contribution is 14.0. The van der Waals surface area contributed by atoms with Crippen molar-refractivity contribution < 1.29 is 14.3 Å². The van der Waals surface area contributed by atoms with E-state index in [1.165, 1.54) is 11.1 Å². The van der Waals surface area contributed by atoms with Crippen molar-refractivity contribution in [3.63, 3.8) is 0 Å². The van der Waals surface area contributed by atoms with Gasteiger partial charge < -0.3 is 24.6 Å². The van der Waals surface area contributed by atoms with E-state index >= 15 is 0 Å². The number of aryl methyl sites for hydroxylation is 1. The molecule has 0 bridgehead atoms. The Hall–Kier alpha value is -1.71. The number of rotatable bonds is 4. The van der Waals surface area contributed by atoms with Crippen LogP contribution in [0.15, 0.2) is 23.2 Å². The maximum absolute atomic E-state index is 12.3. The summed E-state index contributed by atoms with van der Waals surface area (Å²) in [4.78, 5) is 21.0. The summed E-state index contributed by atoms with van der Waals surface area (Å²) in [6.07, 6.45) is 0.631. The molecule has 0 aromatic heterocycles. The molecule has 0 spiro atoms. The number of fused-ring (bicyclic) bond motifs is 1. The molecule has 0 saturated carbocycles. The van der Waals surface area contributed by atoms with Gasteiger partial charge in [-0.2, -0.15) is 0 Å². The van der Waals surface area contributed by atoms with E-state index < -0.39 is 5.60 Å². The van der Waals surface area contributed by atoms with Gasteiger partial charge in [-0.15, -0.1) is 24.0 Å². The number of hydrogen-bond acceptors (Lipinski definition) is 6. The van der Waals surface area contributed by atoms with Crippen LogP contribution in [0.4, 0.5) is 4.79 Å². The van der Waals surface area contributed by atoms with Crippen LogP contribution in [0.5, 0.6) is 5.75 Å². The number of carbonyl (C=O) groups is 1. The molecule has 1 saturated heterocycles. The molecule has 1 unspecified atom stereocenters. The summed E-state index contributed by atoms with van der Waals surface area (Å²) in [6.45, 7) is 11.3. The SMILES string of the molecule is COc1ccc(C)cc1CCNC1=NCC2CN(C(=O)OC(C)(C)C)CCN12.I. The van der Waals surface area contributed by atoms with Crippen molar-refractivity contribution in [1.29, 1.82) is 0 Å². The van der Waals surface area contributed by atoms with Crippen LogP contribution in [0.25, 0.3) is 0 Å². The minimum absolute atomic E-state index is 0. The van der Waals surface area contributed by atoms with Gasteiger partial charge in [-0.05, 0) is 45.7 Å². The highest BCUT2D eigenvalue weighted by atomic mass is 127. The maximum Gasteiger partial charge on any atom is 0.410 e. The van der Waals surface area contributed by atoms with Crippen molar-refractivity contribution in [2.24, 2.45) is 4.99 Å². The second kappa shape index (κ2) is 9.86. The first-order chi connectivity index (χ1) is 13.3. The fourth-order valence-corrected chi connectivity index (χ4v) is 3.63. The number of carbonyl (C=O) groups excluding carboxylic acids is 1. The third-order valence-corrected chi connectivity index (χ3v) is 4.97. The third-order valence-electron chi connectivity index (χ3n) is 4.97. The molecule has 8 heteroatoms. The van der Waals surface area contributed by atoms with Gasteiger partial charge in [0.2, 0.25) is 0 Å². The van der Waals surface area contributed by atoms with Crippen molar-refractivity contribution in [2.45, 2.75) is 45.8 Å². The molecule has 1 amide bonds. The number of ether oxygens (including phenoxy) is 2. The van der Waals surface area contributed by atoms with E-state index in [4.69, 9.17) is 9.47 Å². The number of benzene rings is 1. The lowest BCUT2D eigenvalue weighted by molar-refractivity contribution is 0.0137. The lowest BCUT2D eigenvalue weighted by Gasteiger charge is -2.39. The summed E-state index contributed by atoms with van der Waals surface area (Å²) in [5.74, 6) is 1.85. The molecule has 1 fully saturated rings. The van der Waals surface area contributed by atoms with Gasteiger partial charge in [0.05, 0.1) is 19.7 Å². The zero-order valence-corrected chi connectivity index (χ0v) is 20.4. The van der Waals surface area contributed by atoms with Gasteiger partial charge in [-0.25, -0.2) is 4.79 Å². The fraction of sp³-hybridized carbons (Fsp3) is 0.619. The highest BCUT2D eigenvalue weighted by Crippen LogP contribution is 2.21. The molecule has 29 heavy (non-hydrogen) atoms. The molecular weight excluding hydrogens is 483 g/mol. The van der Waals surface area contributed by atoms with Gasteiger partial charge in [-0.1, -0.05) is 17.7 Å². The molecule has 2 aliphatic rings. The van der Waals surface area contributed by atoms with Crippen molar-refractivity contribution in [3.8, 4) is 5.75 Å². The monoisotopic (exact) mass is 516 g/mol. The average Bonchev–Trinajstić information content (AvgIpc) is 3.03. The molecule has 162 valence electrons. The summed E-state index contributed by atoms with van der Waals surface area (Å²) in [7, 11) is 1.71. The number of nitrogens with one attached hydrogen (secondary N) is 1. The topological polar surface area (TPSA) is 66.4 Å². The first kappa shape index (κ1) is 23.6. The highest BCUT2D eigenvalue weighted by Gasteiger charge is 2.36. The Balaban J connectivity index is 0.00000300. The van der Waals surface area contributed by atoms with E-state index in [1.807, 2.05) is 26.8 Å². The van der Waals surface area contributed by atoms with Gasteiger partial charge in [0.15, 0.2) is 5.96 Å². The number of halogens is 1. The van der Waals surface area contributed by atoms with E-state index in [-0.39, 0.29) is 36.1 Å². The van der Waals surface area contributed by atoms with Crippen molar-refractivity contribution >= 4 is 36.0 Å². The molecule has 2 aliphatic heterocycles. The van der Waals surface area contributed by atoms with Crippen LogP contribution in [-0.4, -0.2) is 73.3 Å². The summed E-state index contributed by atoms with van der Waals surface area (Å²) >= 11 is 0. The van der Waals surface area contributed by atoms with E-state index in [2.05, 4.69) is 34.3 Å². The molecular formula is C21H33IN4O3. The molecule has 1 aromatic carbocycles. The summed E-state index contributed by atoms with van der Waals surface area (Å²) in [5.41, 5.74) is 1.96. The number of aliphatic imine (C=N–C) groups is 1. The van der Waals surface area contributed by atoms with Crippen molar-refractivity contribution in [2.75, 3.05) is 39.8 Å². The molecule has 0 aliphatic carbocycles. The number of guanidine groups is 1. The Kier molecular flexibility index (Phi) is 8.02. The number of methoxy groups -OCH3 is 1. The molecule has 2 heterocycles. The smallest absolute Gasteiger partial charge is 0.410 e. The van der Waals surface area contributed by atoms with Crippen molar-refractivity contribution in [3.05, 3.63) is 29.3 Å². The van der Waals surface area contributed by atoms with Crippen LogP contribution in [0.1, 0.15) is 31.9 Å². The Labute approximate surface area is 190 Å². The van der Waals surface area contributed by atoms with Crippen LogP contribution < -0.4 is 10.1 Å². The Bertz CT molecular complexity index is 748. The third kappa shape index (κ3) is 6.13. The number of nitrogens with zero attached hydrogens (tertiary/aromatic N) is 3. The van der Waals surface area contributed by atoms with Gasteiger partial charge in [0, 0.05) is 26.2 Å². The molecule has 3 rings (SSSR count). The largest absolute Gasteiger partial charge is 0.496 e. The molecule has 0 radical (unpaired) electrons. The van der Waals surface area contributed by atoms with Crippen molar-refractivity contribution in [1.82, 2.24) is 15.1 Å². The van der Waals surface area contributed by atoms with E-state index in [0.29, 0.717) is 19.6 Å². The van der Waals surface area contributed by atoms with Crippen LogP contribution in [-0.2, 0) is 11.2 Å². The molecule has 1 atom stereocenters. The zero-order chi connectivity index (χ0) is 20.3. The Morgan fingerprint density at radius 3 is 2.76 bits per heavy atom. The Morgan fingerprint density at radius 1 is 1.31 bits per heavy atom. The fourth-order valence-electron chi connectivity index (χ4n) is 3.63. The second-order valence-electron chi connectivity index (χ2n) is 8.43. The standard InChI is InChI=1S/C21H32N4O3.HI/c1-15-6-7-18(27-5)16(12-15)8-9-22-19-23-13-17-14-24(10-11-25(17)19)20(26)28-21(2,3)4;/h6-7,12,17H,8-11,13-14H2,1-5H3,(H,22,23);1H. The van der Waals surface area contributed by atoms with Crippen LogP contribution in [0.2, 0.25) is 0 Å². The number of amides is 1. The van der Waals surface area contributed by atoms with E-state index in [9.17, 15) is 4.79 Å². The van der Waals surface area contributed by atoms with Crippen LogP contribution in [0, 0.1) is 6.92 Å². The number of hydrogen-bond donors (Lipinski definition) is 1. The maximum atomic E-state index is 12.3. The summed E-state index contributed by atoms with van der Waals surface area (Å²) in [5, 5.41) is 3.47. The van der Waals surface area contributed by atoms with Gasteiger partial charge >= 0.3 is 6.09 Å². The molecule has 1 aromatic rings. The Morgan fingerprint density at radius 2 is 2.07 bits per heavy atom. The first-order valence-electron chi connectivity index (χ1n) is 9.93. The molecule has 7 nitrogen and oxygen atoms in total. The van der Waals surface area contributed by atoms with Gasteiger partial charge in [0.25, 0.3) is 0 Å². The second-order valence-corrected chi connectivity index (χ2v) is 8.43. The van der Waals surface area contributed by atoms with E-state index in [0.717, 1.165) is 31.2 Å². The first-order valence-corrected chi connectivity index (χ1v) is 9.93. The molecule has 1 N–H and O–H groups in total. The minimum Gasteiger partial charge on any atom is -0.496 e. The number of piperazine rings is 1. The summed E-state index contributed by atoms with van der Waals surface area (Å²) in [6, 6.07) is 6.46. The van der Waals surface area contributed by atoms with Crippen LogP contribution >= 0.6 is 24.0 Å². The van der Waals surface area contributed by atoms with E-state index in [1.54, 1.807) is 12.0 Å². The predicted molar refractivity (Wildman–Crippen MR) is 125 cm³/mol. The summed E-state index contributed by atoms with van der Waals surface area (Å²) < 4.78 is 11.0. The zero-order valence-electron chi connectivity index (χ0n) is 18.0. The average molecular weight is 516 g/mol. The minimum atomic E-state index is -0.468. The van der Waals surface area contributed by atoms with Gasteiger partial charge in [0.1, 0.15) is 11.4 Å².